The van der Waals surface area contributed by atoms with Crippen molar-refractivity contribution in [2.45, 2.75) is 13.3 Å². The smallest absolute Gasteiger partial charge is 0.284 e. The van der Waals surface area contributed by atoms with E-state index in [-0.39, 0.29) is 10.7 Å². The number of nitrogens with one attached hydrogen (secondary N) is 1. The van der Waals surface area contributed by atoms with Crippen molar-refractivity contribution in [2.24, 2.45) is 5.92 Å². The van der Waals surface area contributed by atoms with Gasteiger partial charge in [-0.05, 0) is 49.8 Å². The summed E-state index contributed by atoms with van der Waals surface area (Å²) in [5, 5.41) is 6.55. The van der Waals surface area contributed by atoms with Crippen LogP contribution >= 0.6 is 12.2 Å². The van der Waals surface area contributed by atoms with Crippen LogP contribution in [0.1, 0.15) is 23.7 Å². The van der Waals surface area contributed by atoms with Gasteiger partial charge in [0, 0.05) is 36.7 Å². The second-order valence-electron chi connectivity index (χ2n) is 5.56. The number of hydrogen-bond acceptors (Lipinski definition) is 5. The summed E-state index contributed by atoms with van der Waals surface area (Å²) < 4.78 is 10.7. The fourth-order valence-electron chi connectivity index (χ4n) is 2.73. The van der Waals surface area contributed by atoms with Crippen molar-refractivity contribution >= 4 is 18.1 Å². The van der Waals surface area contributed by atoms with E-state index >= 15 is 0 Å². The summed E-state index contributed by atoms with van der Waals surface area (Å²) in [6.45, 7) is 4.97. The second kappa shape index (κ2) is 7.06. The summed E-state index contributed by atoms with van der Waals surface area (Å²) in [6, 6.07) is 7.21. The largest absolute Gasteiger partial charge is 0.409 e. The molecule has 1 saturated heterocycles. The van der Waals surface area contributed by atoms with Crippen molar-refractivity contribution in [3.63, 3.8) is 0 Å². The van der Waals surface area contributed by atoms with Gasteiger partial charge in [0.2, 0.25) is 5.89 Å². The summed E-state index contributed by atoms with van der Waals surface area (Å²) >= 11 is 4.86. The Labute approximate surface area is 139 Å². The van der Waals surface area contributed by atoms with Crippen molar-refractivity contribution in [3.05, 3.63) is 34.7 Å². The van der Waals surface area contributed by atoms with Gasteiger partial charge < -0.3 is 14.1 Å². The van der Waals surface area contributed by atoms with Crippen molar-refractivity contribution in [2.75, 3.05) is 26.3 Å². The second-order valence-corrected chi connectivity index (χ2v) is 5.93. The van der Waals surface area contributed by atoms with Gasteiger partial charge in [-0.1, -0.05) is 0 Å². The first-order chi connectivity index (χ1) is 11.2. The molecule has 1 aromatic carbocycles. The lowest BCUT2D eigenvalue weighted by Crippen LogP contribution is -2.29. The molecular formula is C16H19N3O3S. The van der Waals surface area contributed by atoms with Gasteiger partial charge in [-0.3, -0.25) is 4.79 Å². The van der Waals surface area contributed by atoms with Crippen molar-refractivity contribution < 1.29 is 13.9 Å². The number of likely N-dealkylation sites (tertiary alicyclic amines) is 1. The molecule has 6 nitrogen and oxygen atoms in total. The van der Waals surface area contributed by atoms with Crippen LogP contribution in [0.2, 0.25) is 0 Å². The lowest BCUT2D eigenvalue weighted by Gasteiger charge is -2.16. The number of aromatic amines is 1. The molecule has 1 aromatic heterocycles. The fraction of sp³-hybridized carbons (Fsp3) is 0.438. The number of carbonyl (C=O) groups excluding carboxylic acids is 1. The quantitative estimate of drug-likeness (QED) is 0.852. The third kappa shape index (κ3) is 3.68. The third-order valence-electron chi connectivity index (χ3n) is 3.95. The number of nitrogens with zero attached hydrogens (tertiary/aromatic N) is 2. The van der Waals surface area contributed by atoms with E-state index < -0.39 is 0 Å². The molecule has 0 saturated carbocycles. The van der Waals surface area contributed by atoms with Gasteiger partial charge in [0.1, 0.15) is 0 Å². The van der Waals surface area contributed by atoms with Crippen molar-refractivity contribution in [3.8, 4) is 11.5 Å². The van der Waals surface area contributed by atoms with Gasteiger partial charge in [-0.2, -0.15) is 0 Å². The van der Waals surface area contributed by atoms with Crippen molar-refractivity contribution in [1.82, 2.24) is 15.1 Å². The number of hydrogen-bond donors (Lipinski definition) is 1. The zero-order valence-electron chi connectivity index (χ0n) is 12.9. The number of amides is 1. The predicted octanol–water partition coefficient (Wildman–Crippen LogP) is 2.90. The number of H-pyrrole nitrogens is 1. The van der Waals surface area contributed by atoms with Crippen LogP contribution in [0, 0.1) is 10.8 Å². The zero-order chi connectivity index (χ0) is 16.2. The summed E-state index contributed by atoms with van der Waals surface area (Å²) in [4.78, 5) is 14.7. The maximum Gasteiger partial charge on any atom is 0.284 e. The van der Waals surface area contributed by atoms with E-state index in [1.165, 1.54) is 0 Å². The molecule has 1 aliphatic heterocycles. The van der Waals surface area contributed by atoms with Gasteiger partial charge >= 0.3 is 0 Å². The molecule has 0 spiro atoms. The maximum atomic E-state index is 12.5. The van der Waals surface area contributed by atoms with E-state index in [0.29, 0.717) is 17.4 Å². The van der Waals surface area contributed by atoms with Gasteiger partial charge in [0.05, 0.1) is 6.61 Å². The highest BCUT2D eigenvalue weighted by Gasteiger charge is 2.26. The molecule has 0 bridgehead atoms. The highest BCUT2D eigenvalue weighted by molar-refractivity contribution is 7.71. The SMILES string of the molecule is CCOC[C@H]1CCN(C(=O)c2ccc(-c3n[nH]c(=S)o3)cc2)C1. The Morgan fingerprint density at radius 3 is 2.91 bits per heavy atom. The molecule has 1 aliphatic rings. The Kier molecular flexibility index (Phi) is 4.88. The summed E-state index contributed by atoms with van der Waals surface area (Å²) in [7, 11) is 0. The van der Waals surface area contributed by atoms with Crippen LogP contribution < -0.4 is 0 Å². The average molecular weight is 333 g/mol. The first-order valence-corrected chi connectivity index (χ1v) is 8.11. The van der Waals surface area contributed by atoms with E-state index in [4.69, 9.17) is 21.4 Å². The zero-order valence-corrected chi connectivity index (χ0v) is 13.8. The molecule has 0 aliphatic carbocycles. The molecular weight excluding hydrogens is 314 g/mol. The molecule has 1 amide bonds. The topological polar surface area (TPSA) is 71.4 Å². The highest BCUT2D eigenvalue weighted by atomic mass is 32.1. The molecule has 2 heterocycles. The first kappa shape index (κ1) is 15.9. The summed E-state index contributed by atoms with van der Waals surface area (Å²) in [5.74, 6) is 0.914. The summed E-state index contributed by atoms with van der Waals surface area (Å²) in [5.41, 5.74) is 1.45. The Hall–Kier alpha value is -1.99. The Morgan fingerprint density at radius 2 is 2.26 bits per heavy atom. The molecule has 0 unspecified atom stereocenters. The van der Waals surface area contributed by atoms with Crippen LogP contribution in [0.3, 0.4) is 0 Å². The van der Waals surface area contributed by atoms with Gasteiger partial charge in [0.25, 0.3) is 10.7 Å². The normalized spacial score (nSPS) is 17.6. The molecule has 23 heavy (non-hydrogen) atoms. The average Bonchev–Trinajstić information content (AvgIpc) is 3.21. The number of aromatic nitrogens is 2. The molecule has 122 valence electrons. The molecule has 3 rings (SSSR count). The van der Waals surface area contributed by atoms with E-state index in [0.717, 1.165) is 38.3 Å². The molecule has 2 aromatic rings. The standard InChI is InChI=1S/C16H19N3O3S/c1-2-21-10-11-7-8-19(9-11)15(20)13-5-3-12(4-6-13)14-17-18-16(23)22-14/h3-6,11H,2,7-10H2,1H3,(H,18,23)/t11-/m0/s1. The number of benzene rings is 1. The van der Waals surface area contributed by atoms with E-state index in [9.17, 15) is 4.79 Å². The minimum Gasteiger partial charge on any atom is -0.409 e. The van der Waals surface area contributed by atoms with Gasteiger partial charge in [-0.15, -0.1) is 5.10 Å². The van der Waals surface area contributed by atoms with Gasteiger partial charge in [-0.25, -0.2) is 5.10 Å². The molecule has 1 N–H and O–H groups in total. The first-order valence-electron chi connectivity index (χ1n) is 7.70. The molecule has 7 heteroatoms. The van der Waals surface area contributed by atoms with Crippen LogP contribution in [0.15, 0.2) is 28.7 Å². The minimum atomic E-state index is 0.0541. The van der Waals surface area contributed by atoms with E-state index in [2.05, 4.69) is 10.2 Å². The Morgan fingerprint density at radius 1 is 1.48 bits per heavy atom. The van der Waals surface area contributed by atoms with Gasteiger partial charge in [0.15, 0.2) is 0 Å². The number of carbonyl (C=O) groups is 1. The maximum absolute atomic E-state index is 12.5. The van der Waals surface area contributed by atoms with Crippen LogP contribution in [0.25, 0.3) is 11.5 Å². The monoisotopic (exact) mass is 333 g/mol. The fourth-order valence-corrected chi connectivity index (χ4v) is 2.85. The van der Waals surface area contributed by atoms with Crippen LogP contribution in [0.4, 0.5) is 0 Å². The lowest BCUT2D eigenvalue weighted by atomic mass is 10.1. The van der Waals surface area contributed by atoms with E-state index in [1.54, 1.807) is 12.1 Å². The Bertz CT molecular complexity index is 723. The minimum absolute atomic E-state index is 0.0541. The van der Waals surface area contributed by atoms with E-state index in [1.807, 2.05) is 24.0 Å². The Balaban J connectivity index is 1.65. The van der Waals surface area contributed by atoms with Crippen LogP contribution in [-0.4, -0.2) is 47.3 Å². The predicted molar refractivity (Wildman–Crippen MR) is 87.6 cm³/mol. The van der Waals surface area contributed by atoms with Crippen molar-refractivity contribution in [1.29, 1.82) is 0 Å². The van der Waals surface area contributed by atoms with Crippen LogP contribution in [0.5, 0.6) is 0 Å². The number of rotatable bonds is 5. The third-order valence-corrected chi connectivity index (χ3v) is 4.12. The molecule has 1 atom stereocenters. The van der Waals surface area contributed by atoms with Crippen LogP contribution in [-0.2, 0) is 4.74 Å². The highest BCUT2D eigenvalue weighted by Crippen LogP contribution is 2.21. The number of ether oxygens (including phenoxy) is 1. The molecule has 1 fully saturated rings. The molecule has 0 radical (unpaired) electrons. The lowest BCUT2D eigenvalue weighted by molar-refractivity contribution is 0.0763. The summed E-state index contributed by atoms with van der Waals surface area (Å²) in [6.07, 6.45) is 0.998.